The molecule has 0 saturated heterocycles. The number of benzene rings is 2. The number of hydrogen-bond acceptors (Lipinski definition) is 4. The third-order valence-corrected chi connectivity index (χ3v) is 3.82. The predicted molar refractivity (Wildman–Crippen MR) is 95.7 cm³/mol. The first-order valence-electron chi connectivity index (χ1n) is 7.04. The Labute approximate surface area is 148 Å². The van der Waals surface area contributed by atoms with E-state index in [0.717, 1.165) is 9.32 Å². The van der Waals surface area contributed by atoms with Crippen LogP contribution in [0.4, 0.5) is 5.69 Å². The van der Waals surface area contributed by atoms with Crippen LogP contribution in [0.3, 0.4) is 0 Å². The van der Waals surface area contributed by atoms with E-state index in [4.69, 9.17) is 9.47 Å². The normalized spacial score (nSPS) is 10.0. The van der Waals surface area contributed by atoms with Gasteiger partial charge in [-0.3, -0.25) is 4.79 Å². The van der Waals surface area contributed by atoms with Gasteiger partial charge in [-0.05, 0) is 65.9 Å². The third-order valence-electron chi connectivity index (χ3n) is 2.88. The van der Waals surface area contributed by atoms with Crippen LogP contribution >= 0.6 is 22.6 Å². The quantitative estimate of drug-likeness (QED) is 0.569. The van der Waals surface area contributed by atoms with Gasteiger partial charge in [0, 0.05) is 9.26 Å². The monoisotopic (exact) mass is 425 g/mol. The summed E-state index contributed by atoms with van der Waals surface area (Å²) in [5, 5.41) is 2.66. The lowest BCUT2D eigenvalue weighted by Crippen LogP contribution is -2.21. The first-order valence-corrected chi connectivity index (χ1v) is 8.12. The smallest absolute Gasteiger partial charge is 0.339 e. The molecular weight excluding hydrogens is 409 g/mol. The molecule has 0 aliphatic heterocycles. The average molecular weight is 425 g/mol. The van der Waals surface area contributed by atoms with Gasteiger partial charge < -0.3 is 14.8 Å². The van der Waals surface area contributed by atoms with Crippen LogP contribution in [0.15, 0.2) is 48.5 Å². The van der Waals surface area contributed by atoms with E-state index < -0.39 is 11.9 Å². The number of halogens is 1. The second-order valence-electron chi connectivity index (χ2n) is 4.56. The molecule has 1 amide bonds. The van der Waals surface area contributed by atoms with Gasteiger partial charge in [-0.25, -0.2) is 4.79 Å². The predicted octanol–water partition coefficient (Wildman–Crippen LogP) is 3.49. The zero-order valence-electron chi connectivity index (χ0n) is 12.5. The van der Waals surface area contributed by atoms with E-state index in [2.05, 4.69) is 5.32 Å². The van der Waals surface area contributed by atoms with Crippen LogP contribution in [0.1, 0.15) is 17.3 Å². The first kappa shape index (κ1) is 17.3. The van der Waals surface area contributed by atoms with Crippen molar-refractivity contribution in [3.8, 4) is 5.75 Å². The molecule has 2 rings (SSSR count). The molecule has 0 aliphatic rings. The second-order valence-corrected chi connectivity index (χ2v) is 5.72. The lowest BCUT2D eigenvalue weighted by Gasteiger charge is -2.08. The average Bonchev–Trinajstić information content (AvgIpc) is 2.55. The van der Waals surface area contributed by atoms with E-state index in [-0.39, 0.29) is 6.61 Å². The number of amides is 1. The van der Waals surface area contributed by atoms with E-state index in [1.165, 1.54) is 0 Å². The Morgan fingerprint density at radius 1 is 1.09 bits per heavy atom. The topological polar surface area (TPSA) is 64.6 Å². The Hall–Kier alpha value is -2.09. The molecule has 0 aliphatic carbocycles. The molecule has 2 aromatic carbocycles. The van der Waals surface area contributed by atoms with Crippen LogP contribution < -0.4 is 10.1 Å². The minimum atomic E-state index is -0.517. The molecule has 0 heterocycles. The summed E-state index contributed by atoms with van der Waals surface area (Å²) < 4.78 is 11.1. The summed E-state index contributed by atoms with van der Waals surface area (Å²) in [7, 11) is 0. The van der Waals surface area contributed by atoms with E-state index in [1.807, 2.05) is 35.6 Å². The minimum absolute atomic E-state index is 0.336. The highest BCUT2D eigenvalue weighted by atomic mass is 127. The Bertz CT molecular complexity index is 685. The minimum Gasteiger partial charge on any atom is -0.494 e. The molecule has 5 nitrogen and oxygen atoms in total. The van der Waals surface area contributed by atoms with Gasteiger partial charge in [0.05, 0.1) is 12.2 Å². The fraction of sp³-hybridized carbons (Fsp3) is 0.176. The summed E-state index contributed by atoms with van der Waals surface area (Å²) in [5.41, 5.74) is 1.06. The maximum atomic E-state index is 11.9. The molecule has 0 unspecified atom stereocenters. The molecule has 23 heavy (non-hydrogen) atoms. The fourth-order valence-electron chi connectivity index (χ4n) is 1.83. The zero-order valence-corrected chi connectivity index (χ0v) is 14.7. The van der Waals surface area contributed by atoms with Crippen LogP contribution in [0.5, 0.6) is 5.75 Å². The van der Waals surface area contributed by atoms with Gasteiger partial charge in [-0.2, -0.15) is 0 Å². The Kier molecular flexibility index (Phi) is 6.40. The van der Waals surface area contributed by atoms with Gasteiger partial charge in [-0.15, -0.1) is 0 Å². The maximum absolute atomic E-state index is 11.9. The third kappa shape index (κ3) is 5.24. The molecule has 0 aromatic heterocycles. The van der Waals surface area contributed by atoms with Crippen LogP contribution in [0.25, 0.3) is 0 Å². The number of anilines is 1. The highest BCUT2D eigenvalue weighted by molar-refractivity contribution is 14.1. The van der Waals surface area contributed by atoms with Crippen LogP contribution in [-0.4, -0.2) is 25.1 Å². The maximum Gasteiger partial charge on any atom is 0.339 e. The first-order chi connectivity index (χ1) is 11.1. The van der Waals surface area contributed by atoms with Crippen molar-refractivity contribution >= 4 is 40.2 Å². The fourth-order valence-corrected chi connectivity index (χ4v) is 2.44. The van der Waals surface area contributed by atoms with E-state index in [0.29, 0.717) is 17.9 Å². The van der Waals surface area contributed by atoms with Crippen LogP contribution in [0.2, 0.25) is 0 Å². The van der Waals surface area contributed by atoms with Gasteiger partial charge >= 0.3 is 5.97 Å². The number of esters is 1. The van der Waals surface area contributed by atoms with Gasteiger partial charge in [0.1, 0.15) is 5.75 Å². The van der Waals surface area contributed by atoms with Crippen molar-refractivity contribution in [2.75, 3.05) is 18.5 Å². The zero-order chi connectivity index (χ0) is 16.7. The number of ether oxygens (including phenoxy) is 2. The van der Waals surface area contributed by atoms with Crippen LogP contribution in [0, 0.1) is 3.57 Å². The molecule has 6 heteroatoms. The number of nitrogens with one attached hydrogen (secondary N) is 1. The SMILES string of the molecule is CCOc1ccc(NC(=O)COC(=O)c2ccccc2I)cc1. The van der Waals surface area contributed by atoms with Crippen molar-refractivity contribution in [2.24, 2.45) is 0 Å². The van der Waals surface area contributed by atoms with Crippen molar-refractivity contribution in [3.05, 3.63) is 57.7 Å². The standard InChI is InChI=1S/C17H16INO4/c1-2-22-13-9-7-12(8-10-13)19-16(20)11-23-17(21)14-5-3-4-6-15(14)18/h3-10H,2,11H2,1H3,(H,19,20). The number of carbonyl (C=O) groups is 2. The van der Waals surface area contributed by atoms with Crippen molar-refractivity contribution in [3.63, 3.8) is 0 Å². The molecule has 0 bridgehead atoms. The summed E-state index contributed by atoms with van der Waals surface area (Å²) in [4.78, 5) is 23.7. The largest absolute Gasteiger partial charge is 0.494 e. The molecule has 0 atom stereocenters. The molecule has 0 saturated carbocycles. The number of rotatable bonds is 6. The Morgan fingerprint density at radius 3 is 2.43 bits per heavy atom. The molecule has 2 aromatic rings. The van der Waals surface area contributed by atoms with Gasteiger partial charge in [0.15, 0.2) is 6.61 Å². The van der Waals surface area contributed by atoms with E-state index in [1.54, 1.807) is 42.5 Å². The highest BCUT2D eigenvalue weighted by Crippen LogP contribution is 2.16. The summed E-state index contributed by atoms with van der Waals surface area (Å²) in [5.74, 6) is -0.180. The molecule has 0 radical (unpaired) electrons. The van der Waals surface area contributed by atoms with Crippen LogP contribution in [-0.2, 0) is 9.53 Å². The summed E-state index contributed by atoms with van der Waals surface area (Å²) >= 11 is 2.05. The molecule has 120 valence electrons. The summed E-state index contributed by atoms with van der Waals surface area (Å²) in [6.07, 6.45) is 0. The van der Waals surface area contributed by atoms with Crippen molar-refractivity contribution < 1.29 is 19.1 Å². The van der Waals surface area contributed by atoms with Gasteiger partial charge in [-0.1, -0.05) is 12.1 Å². The summed E-state index contributed by atoms with van der Waals surface area (Å²) in [6, 6.07) is 14.0. The van der Waals surface area contributed by atoms with Gasteiger partial charge in [0.2, 0.25) is 0 Å². The van der Waals surface area contributed by atoms with Crippen molar-refractivity contribution in [2.45, 2.75) is 6.92 Å². The van der Waals surface area contributed by atoms with E-state index >= 15 is 0 Å². The number of carbonyl (C=O) groups excluding carboxylic acids is 2. The lowest BCUT2D eigenvalue weighted by molar-refractivity contribution is -0.119. The lowest BCUT2D eigenvalue weighted by atomic mass is 10.2. The molecular formula is C17H16INO4. The Morgan fingerprint density at radius 2 is 1.78 bits per heavy atom. The summed E-state index contributed by atoms with van der Waals surface area (Å²) in [6.45, 7) is 2.15. The molecule has 1 N–H and O–H groups in total. The van der Waals surface area contributed by atoms with Crippen molar-refractivity contribution in [1.82, 2.24) is 0 Å². The van der Waals surface area contributed by atoms with Gasteiger partial charge in [0.25, 0.3) is 5.91 Å². The molecule has 0 fully saturated rings. The van der Waals surface area contributed by atoms with E-state index in [9.17, 15) is 9.59 Å². The second kappa shape index (κ2) is 8.52. The van der Waals surface area contributed by atoms with Crippen molar-refractivity contribution in [1.29, 1.82) is 0 Å². The molecule has 0 spiro atoms. The number of hydrogen-bond donors (Lipinski definition) is 1. The Balaban J connectivity index is 1.85. The highest BCUT2D eigenvalue weighted by Gasteiger charge is 2.12.